The number of carbonyl (C=O) groups excluding carboxylic acids is 3. The molecule has 2 rings (SSSR count). The molecule has 1 N–H and O–H groups in total. The average molecular weight is 370 g/mol. The van der Waals surface area contributed by atoms with Gasteiger partial charge in [-0.15, -0.1) is 0 Å². The highest BCUT2D eigenvalue weighted by Gasteiger charge is 2.23. The van der Waals surface area contributed by atoms with E-state index in [1.807, 2.05) is 30.3 Å². The fourth-order valence-corrected chi connectivity index (χ4v) is 2.37. The first-order valence-electron chi connectivity index (χ1n) is 8.38. The molecule has 0 aromatic heterocycles. The lowest BCUT2D eigenvalue weighted by atomic mass is 10.1. The lowest BCUT2D eigenvalue weighted by Crippen LogP contribution is -2.47. The maximum Gasteiger partial charge on any atom is 0.415 e. The summed E-state index contributed by atoms with van der Waals surface area (Å²) in [5, 5.41) is 2.60. The van der Waals surface area contributed by atoms with E-state index in [9.17, 15) is 14.4 Å². The summed E-state index contributed by atoms with van der Waals surface area (Å²) in [6.45, 7) is -0.256. The van der Waals surface area contributed by atoms with Crippen LogP contribution >= 0.6 is 0 Å². The van der Waals surface area contributed by atoms with Crippen molar-refractivity contribution < 1.29 is 23.9 Å². The molecule has 0 saturated heterocycles. The first-order valence-corrected chi connectivity index (χ1v) is 8.38. The number of hydrogen-bond donors (Lipinski definition) is 1. The van der Waals surface area contributed by atoms with Crippen LogP contribution < -0.4 is 10.1 Å². The predicted octanol–water partition coefficient (Wildman–Crippen LogP) is 2.02. The normalized spacial score (nSPS) is 11.2. The molecular formula is C20H22N2O5. The van der Waals surface area contributed by atoms with Gasteiger partial charge in [-0.25, -0.2) is 9.59 Å². The number of para-hydroxylation sites is 1. The van der Waals surface area contributed by atoms with Crippen molar-refractivity contribution >= 4 is 18.0 Å². The summed E-state index contributed by atoms with van der Waals surface area (Å²) in [6.07, 6.45) is -0.383. The van der Waals surface area contributed by atoms with Gasteiger partial charge in [0, 0.05) is 13.5 Å². The van der Waals surface area contributed by atoms with Gasteiger partial charge in [0.1, 0.15) is 18.3 Å². The molecule has 0 fully saturated rings. The minimum absolute atomic E-state index is 0.256. The second-order valence-electron chi connectivity index (χ2n) is 5.87. The summed E-state index contributed by atoms with van der Waals surface area (Å²) in [4.78, 5) is 37.4. The van der Waals surface area contributed by atoms with E-state index >= 15 is 0 Å². The Morgan fingerprint density at radius 3 is 2.19 bits per heavy atom. The molecule has 0 aliphatic rings. The standard InChI is InChI=1S/C20H22N2O5/c1-22(20(25)27-16-11-7-4-8-12-16)14-18(23)21-17(19(24)26-2)13-15-9-5-3-6-10-15/h3-12,17H,13-14H2,1-2H3,(H,21,23). The van der Waals surface area contributed by atoms with Gasteiger partial charge in [-0.1, -0.05) is 48.5 Å². The molecule has 0 spiro atoms. The summed E-state index contributed by atoms with van der Waals surface area (Å²) >= 11 is 0. The molecule has 7 heteroatoms. The molecule has 0 radical (unpaired) electrons. The van der Waals surface area contributed by atoms with Crippen LogP contribution in [0.1, 0.15) is 5.56 Å². The lowest BCUT2D eigenvalue weighted by Gasteiger charge is -2.20. The Morgan fingerprint density at radius 1 is 1.00 bits per heavy atom. The van der Waals surface area contributed by atoms with E-state index in [-0.39, 0.29) is 13.0 Å². The fourth-order valence-electron chi connectivity index (χ4n) is 2.37. The number of methoxy groups -OCH3 is 1. The first-order chi connectivity index (χ1) is 13.0. The van der Waals surface area contributed by atoms with Gasteiger partial charge < -0.3 is 19.7 Å². The first kappa shape index (κ1) is 20.0. The number of ether oxygens (including phenoxy) is 2. The van der Waals surface area contributed by atoms with E-state index in [2.05, 4.69) is 5.32 Å². The Morgan fingerprint density at radius 2 is 1.59 bits per heavy atom. The second kappa shape index (κ2) is 9.96. The van der Waals surface area contributed by atoms with Crippen LogP contribution in [0.4, 0.5) is 4.79 Å². The Labute approximate surface area is 157 Å². The molecule has 0 bridgehead atoms. The zero-order valence-electron chi connectivity index (χ0n) is 15.3. The second-order valence-corrected chi connectivity index (χ2v) is 5.87. The van der Waals surface area contributed by atoms with E-state index in [0.29, 0.717) is 5.75 Å². The number of benzene rings is 2. The van der Waals surface area contributed by atoms with Crippen molar-refractivity contribution in [3.63, 3.8) is 0 Å². The number of likely N-dealkylation sites (N-methyl/N-ethyl adjacent to an activating group) is 1. The van der Waals surface area contributed by atoms with Crippen molar-refractivity contribution in [2.24, 2.45) is 0 Å². The van der Waals surface area contributed by atoms with Gasteiger partial charge >= 0.3 is 12.1 Å². The van der Waals surface area contributed by atoms with Gasteiger partial charge in [-0.3, -0.25) is 4.79 Å². The molecule has 1 unspecified atom stereocenters. The Balaban J connectivity index is 1.92. The molecule has 1 atom stereocenters. The molecule has 0 aliphatic carbocycles. The summed E-state index contributed by atoms with van der Waals surface area (Å²) in [7, 11) is 2.70. The molecule has 0 aliphatic heterocycles. The van der Waals surface area contributed by atoms with Crippen molar-refractivity contribution in [2.75, 3.05) is 20.7 Å². The number of nitrogens with one attached hydrogen (secondary N) is 1. The summed E-state index contributed by atoms with van der Waals surface area (Å²) < 4.78 is 9.92. The van der Waals surface area contributed by atoms with Crippen molar-refractivity contribution in [3.8, 4) is 5.75 Å². The van der Waals surface area contributed by atoms with Gasteiger partial charge in [0.15, 0.2) is 0 Å². The van der Waals surface area contributed by atoms with Crippen LogP contribution in [0.5, 0.6) is 5.75 Å². The molecule has 142 valence electrons. The molecule has 2 aromatic rings. The SMILES string of the molecule is COC(=O)C(Cc1ccccc1)NC(=O)CN(C)C(=O)Oc1ccccc1. The van der Waals surface area contributed by atoms with Crippen LogP contribution in [0.2, 0.25) is 0 Å². The van der Waals surface area contributed by atoms with Gasteiger partial charge in [-0.05, 0) is 17.7 Å². The van der Waals surface area contributed by atoms with E-state index < -0.39 is 24.0 Å². The molecular weight excluding hydrogens is 348 g/mol. The maximum absolute atomic E-state index is 12.3. The van der Waals surface area contributed by atoms with Gasteiger partial charge in [-0.2, -0.15) is 0 Å². The van der Waals surface area contributed by atoms with E-state index in [4.69, 9.17) is 9.47 Å². The van der Waals surface area contributed by atoms with Crippen LogP contribution in [-0.2, 0) is 20.7 Å². The maximum atomic E-state index is 12.3. The number of hydrogen-bond acceptors (Lipinski definition) is 5. The summed E-state index contributed by atoms with van der Waals surface area (Å²) in [6, 6.07) is 17.0. The highest BCUT2D eigenvalue weighted by atomic mass is 16.6. The highest BCUT2D eigenvalue weighted by Crippen LogP contribution is 2.10. The Hall–Kier alpha value is -3.35. The van der Waals surface area contributed by atoms with Gasteiger partial charge in [0.2, 0.25) is 5.91 Å². The van der Waals surface area contributed by atoms with Crippen molar-refractivity contribution in [1.82, 2.24) is 10.2 Å². The Bertz CT molecular complexity index is 764. The molecule has 0 saturated carbocycles. The fraction of sp³-hybridized carbons (Fsp3) is 0.250. The van der Waals surface area contributed by atoms with Crippen LogP contribution in [0.3, 0.4) is 0 Å². The highest BCUT2D eigenvalue weighted by molar-refractivity contribution is 5.87. The van der Waals surface area contributed by atoms with E-state index in [0.717, 1.165) is 10.5 Å². The number of amides is 2. The third kappa shape index (κ3) is 6.47. The molecule has 27 heavy (non-hydrogen) atoms. The molecule has 2 amide bonds. The van der Waals surface area contributed by atoms with Gasteiger partial charge in [0.05, 0.1) is 7.11 Å². The largest absolute Gasteiger partial charge is 0.467 e. The molecule has 2 aromatic carbocycles. The van der Waals surface area contributed by atoms with Crippen molar-refractivity contribution in [1.29, 1.82) is 0 Å². The monoisotopic (exact) mass is 370 g/mol. The van der Waals surface area contributed by atoms with Gasteiger partial charge in [0.25, 0.3) is 0 Å². The minimum Gasteiger partial charge on any atom is -0.467 e. The van der Waals surface area contributed by atoms with Crippen molar-refractivity contribution in [2.45, 2.75) is 12.5 Å². The summed E-state index contributed by atoms with van der Waals surface area (Å²) in [5.74, 6) is -0.665. The smallest absolute Gasteiger partial charge is 0.415 e. The summed E-state index contributed by atoms with van der Waals surface area (Å²) in [5.41, 5.74) is 0.880. The van der Waals surface area contributed by atoms with Crippen LogP contribution in [0, 0.1) is 0 Å². The lowest BCUT2D eigenvalue weighted by molar-refractivity contribution is -0.145. The van der Waals surface area contributed by atoms with Crippen LogP contribution in [-0.4, -0.2) is 49.6 Å². The van der Waals surface area contributed by atoms with Crippen LogP contribution in [0.15, 0.2) is 60.7 Å². The predicted molar refractivity (Wildman–Crippen MR) is 99.2 cm³/mol. The number of carbonyl (C=O) groups is 3. The van der Waals surface area contributed by atoms with Crippen molar-refractivity contribution in [3.05, 3.63) is 66.2 Å². The molecule has 7 nitrogen and oxygen atoms in total. The third-order valence-corrected chi connectivity index (χ3v) is 3.74. The number of rotatable bonds is 7. The quantitative estimate of drug-likeness (QED) is 0.754. The number of nitrogens with zero attached hydrogens (tertiary/aromatic N) is 1. The molecule has 0 heterocycles. The zero-order valence-corrected chi connectivity index (χ0v) is 15.3. The van der Waals surface area contributed by atoms with Crippen LogP contribution in [0.25, 0.3) is 0 Å². The minimum atomic E-state index is -0.844. The van der Waals surface area contributed by atoms with E-state index in [1.165, 1.54) is 14.2 Å². The zero-order chi connectivity index (χ0) is 19.6. The average Bonchev–Trinajstić information content (AvgIpc) is 2.68. The number of esters is 1. The Kier molecular flexibility index (Phi) is 7.37. The van der Waals surface area contributed by atoms with E-state index in [1.54, 1.807) is 30.3 Å². The third-order valence-electron chi connectivity index (χ3n) is 3.74. The topological polar surface area (TPSA) is 84.9 Å².